The van der Waals surface area contributed by atoms with Crippen molar-refractivity contribution >= 4 is 27.3 Å². The van der Waals surface area contributed by atoms with Crippen molar-refractivity contribution in [3.63, 3.8) is 0 Å². The third kappa shape index (κ3) is 4.02. The summed E-state index contributed by atoms with van der Waals surface area (Å²) in [4.78, 5) is 2.51. The summed E-state index contributed by atoms with van der Waals surface area (Å²) in [6, 6.07) is 0.283. The third-order valence-corrected chi connectivity index (χ3v) is 5.24. The van der Waals surface area contributed by atoms with E-state index in [1.165, 1.54) is 23.0 Å². The quantitative estimate of drug-likeness (QED) is 0.855. The first-order valence-corrected chi connectivity index (χ1v) is 8.78. The van der Waals surface area contributed by atoms with Crippen LogP contribution in [0.1, 0.15) is 31.9 Å². The Hall–Kier alpha value is 0.0600. The molecule has 0 bridgehead atoms. The zero-order chi connectivity index (χ0) is 13.7. The molecule has 1 saturated heterocycles. The molecule has 1 aliphatic heterocycles. The van der Waals surface area contributed by atoms with Gasteiger partial charge in [-0.1, -0.05) is 13.8 Å². The summed E-state index contributed by atoms with van der Waals surface area (Å²) in [5, 5.41) is 7.95. The minimum atomic E-state index is 0.242. The Labute approximate surface area is 128 Å². The van der Waals surface area contributed by atoms with Crippen LogP contribution in [0.4, 0.5) is 0 Å². The minimum absolute atomic E-state index is 0.242. The molecular weight excluding hydrogens is 324 g/mol. The molecule has 0 aromatic carbocycles. The number of halogens is 1. The Balaban J connectivity index is 2.08. The van der Waals surface area contributed by atoms with Gasteiger partial charge in [0.05, 0.1) is 18.8 Å². The van der Waals surface area contributed by atoms with Crippen LogP contribution >= 0.6 is 27.3 Å². The highest BCUT2D eigenvalue weighted by Gasteiger charge is 2.29. The summed E-state index contributed by atoms with van der Waals surface area (Å²) < 4.78 is 7.22. The van der Waals surface area contributed by atoms with E-state index < -0.39 is 0 Å². The predicted molar refractivity (Wildman–Crippen MR) is 84.9 cm³/mol. The average Bonchev–Trinajstić information content (AvgIpc) is 2.83. The van der Waals surface area contributed by atoms with Gasteiger partial charge in [-0.25, -0.2) is 0 Å². The number of nitrogens with zero attached hydrogens (tertiary/aromatic N) is 1. The Bertz CT molecular complexity index is 383. The largest absolute Gasteiger partial charge is 0.374 e. The topological polar surface area (TPSA) is 24.5 Å². The van der Waals surface area contributed by atoms with Crippen LogP contribution in [-0.2, 0) is 4.74 Å². The molecule has 1 N–H and O–H groups in total. The van der Waals surface area contributed by atoms with Crippen LogP contribution in [0.2, 0.25) is 0 Å². The number of hydrogen-bond acceptors (Lipinski definition) is 4. The Morgan fingerprint density at radius 3 is 3.00 bits per heavy atom. The molecule has 3 nitrogen and oxygen atoms in total. The van der Waals surface area contributed by atoms with Crippen molar-refractivity contribution < 1.29 is 4.74 Å². The Morgan fingerprint density at radius 1 is 1.53 bits per heavy atom. The maximum Gasteiger partial charge on any atom is 0.0897 e. The van der Waals surface area contributed by atoms with Crippen LogP contribution in [0.25, 0.3) is 0 Å². The van der Waals surface area contributed by atoms with Crippen molar-refractivity contribution in [1.82, 2.24) is 10.2 Å². The molecule has 1 aromatic heterocycles. The van der Waals surface area contributed by atoms with Gasteiger partial charge in [0.1, 0.15) is 0 Å². The van der Waals surface area contributed by atoms with Gasteiger partial charge in [-0.05, 0) is 46.4 Å². The zero-order valence-corrected chi connectivity index (χ0v) is 14.1. The summed E-state index contributed by atoms with van der Waals surface area (Å²) in [5.41, 5.74) is 1.33. The van der Waals surface area contributed by atoms with Crippen molar-refractivity contribution in [3.8, 4) is 0 Å². The third-order valence-electron chi connectivity index (χ3n) is 3.49. The molecule has 108 valence electrons. The van der Waals surface area contributed by atoms with Gasteiger partial charge >= 0.3 is 0 Å². The molecule has 1 aromatic rings. The van der Waals surface area contributed by atoms with E-state index in [0.717, 1.165) is 26.2 Å². The fourth-order valence-corrected chi connectivity index (χ4v) is 4.21. The van der Waals surface area contributed by atoms with Crippen LogP contribution in [0.5, 0.6) is 0 Å². The van der Waals surface area contributed by atoms with Gasteiger partial charge in [-0.15, -0.1) is 0 Å². The summed E-state index contributed by atoms with van der Waals surface area (Å²) in [5.74, 6) is 0. The van der Waals surface area contributed by atoms with Crippen LogP contribution in [0, 0.1) is 0 Å². The molecule has 2 atom stereocenters. The number of thiophene rings is 1. The molecule has 5 heteroatoms. The molecule has 2 unspecified atom stereocenters. The van der Waals surface area contributed by atoms with Gasteiger partial charge in [0.25, 0.3) is 0 Å². The standard InChI is InChI=1S/C14H23BrN2OS/c1-3-5-17-6-7-18-13(8-17)14(16-4-2)11-9-19-10-12(11)15/h9-10,13-14,16H,3-8H2,1-2H3. The lowest BCUT2D eigenvalue weighted by Crippen LogP contribution is -2.48. The smallest absolute Gasteiger partial charge is 0.0897 e. The molecular formula is C14H23BrN2OS. The maximum absolute atomic E-state index is 6.03. The minimum Gasteiger partial charge on any atom is -0.374 e. The summed E-state index contributed by atoms with van der Waals surface area (Å²) >= 11 is 5.39. The van der Waals surface area contributed by atoms with E-state index in [0.29, 0.717) is 0 Å². The molecule has 1 aliphatic rings. The number of rotatable bonds is 6. The molecule has 2 heterocycles. The second-order valence-electron chi connectivity index (χ2n) is 4.92. The molecule has 19 heavy (non-hydrogen) atoms. The van der Waals surface area contributed by atoms with Gasteiger partial charge in [0.15, 0.2) is 0 Å². The number of ether oxygens (including phenoxy) is 1. The predicted octanol–water partition coefficient (Wildman–Crippen LogP) is 3.27. The Morgan fingerprint density at radius 2 is 2.37 bits per heavy atom. The summed E-state index contributed by atoms with van der Waals surface area (Å²) in [6.45, 7) is 9.45. The first-order valence-electron chi connectivity index (χ1n) is 7.05. The van der Waals surface area contributed by atoms with E-state index in [1.807, 2.05) is 0 Å². The number of morpholine rings is 1. The maximum atomic E-state index is 6.03. The van der Waals surface area contributed by atoms with Crippen molar-refractivity contribution in [1.29, 1.82) is 0 Å². The number of likely N-dealkylation sites (N-methyl/N-ethyl adjacent to an activating group) is 1. The molecule has 0 radical (unpaired) electrons. The normalized spacial score (nSPS) is 22.6. The lowest BCUT2D eigenvalue weighted by atomic mass is 10.0. The van der Waals surface area contributed by atoms with E-state index in [9.17, 15) is 0 Å². The lowest BCUT2D eigenvalue weighted by molar-refractivity contribution is -0.0468. The first-order chi connectivity index (χ1) is 9.26. The van der Waals surface area contributed by atoms with Crippen LogP contribution < -0.4 is 5.32 Å². The molecule has 1 fully saturated rings. The van der Waals surface area contributed by atoms with Crippen LogP contribution in [-0.4, -0.2) is 43.8 Å². The van der Waals surface area contributed by atoms with Crippen molar-refractivity contribution in [2.45, 2.75) is 32.4 Å². The second-order valence-corrected chi connectivity index (χ2v) is 6.52. The van der Waals surface area contributed by atoms with Crippen molar-refractivity contribution in [3.05, 3.63) is 20.8 Å². The number of hydrogen-bond donors (Lipinski definition) is 1. The van der Waals surface area contributed by atoms with Crippen molar-refractivity contribution in [2.24, 2.45) is 0 Å². The van der Waals surface area contributed by atoms with E-state index in [4.69, 9.17) is 4.74 Å². The van der Waals surface area contributed by atoms with Crippen molar-refractivity contribution in [2.75, 3.05) is 32.8 Å². The summed E-state index contributed by atoms with van der Waals surface area (Å²) in [6.07, 6.45) is 1.45. The molecule has 2 rings (SSSR count). The van der Waals surface area contributed by atoms with Gasteiger partial charge in [0, 0.05) is 22.9 Å². The first kappa shape index (κ1) is 15.4. The SMILES string of the molecule is CCCN1CCOC(C(NCC)c2cscc2Br)C1. The number of nitrogens with one attached hydrogen (secondary N) is 1. The fourth-order valence-electron chi connectivity index (χ4n) is 2.63. The molecule has 0 saturated carbocycles. The van der Waals surface area contributed by atoms with E-state index in [1.54, 1.807) is 11.3 Å². The van der Waals surface area contributed by atoms with E-state index in [2.05, 4.69) is 50.8 Å². The zero-order valence-electron chi connectivity index (χ0n) is 11.7. The van der Waals surface area contributed by atoms with Gasteiger partial charge < -0.3 is 10.1 Å². The van der Waals surface area contributed by atoms with Gasteiger partial charge in [-0.3, -0.25) is 4.90 Å². The molecule has 0 aliphatic carbocycles. The second kappa shape index (κ2) is 7.74. The highest BCUT2D eigenvalue weighted by Crippen LogP contribution is 2.31. The Kier molecular flexibility index (Phi) is 6.29. The molecule has 0 spiro atoms. The van der Waals surface area contributed by atoms with Crippen LogP contribution in [0.15, 0.2) is 15.2 Å². The van der Waals surface area contributed by atoms with Gasteiger partial charge in [0.2, 0.25) is 0 Å². The highest BCUT2D eigenvalue weighted by molar-refractivity contribution is 9.10. The van der Waals surface area contributed by atoms with E-state index in [-0.39, 0.29) is 12.1 Å². The van der Waals surface area contributed by atoms with Crippen LogP contribution in [0.3, 0.4) is 0 Å². The molecule has 0 amide bonds. The monoisotopic (exact) mass is 346 g/mol. The van der Waals surface area contributed by atoms with Gasteiger partial charge in [-0.2, -0.15) is 11.3 Å². The summed E-state index contributed by atoms with van der Waals surface area (Å²) in [7, 11) is 0. The fraction of sp³-hybridized carbons (Fsp3) is 0.714. The van der Waals surface area contributed by atoms with E-state index >= 15 is 0 Å². The average molecular weight is 347 g/mol. The highest BCUT2D eigenvalue weighted by atomic mass is 79.9. The lowest BCUT2D eigenvalue weighted by Gasteiger charge is -2.37.